The average Bonchev–Trinajstić information content (AvgIpc) is 3.69. The highest BCUT2D eigenvalue weighted by molar-refractivity contribution is 9.10. The molecule has 0 amide bonds. The molecule has 1 aromatic heterocycles. The summed E-state index contributed by atoms with van der Waals surface area (Å²) in [6.45, 7) is 0. The molecule has 0 radical (unpaired) electrons. The molecule has 10 rings (SSSR count). The molecule has 2 heteroatoms. The zero-order valence-electron chi connectivity index (χ0n) is 24.3. The summed E-state index contributed by atoms with van der Waals surface area (Å²) in [6.07, 6.45) is 0. The van der Waals surface area contributed by atoms with Crippen LogP contribution in [0.2, 0.25) is 0 Å². The molecule has 0 N–H and O–H groups in total. The quantitative estimate of drug-likeness (QED) is 0.178. The fraction of sp³-hybridized carbons (Fsp3) is 0.0233. The van der Waals surface area contributed by atoms with Gasteiger partial charge in [-0.05, 0) is 98.1 Å². The van der Waals surface area contributed by atoms with Crippen LogP contribution in [-0.2, 0) is 5.41 Å². The number of para-hydroxylation sites is 1. The second-order valence-electron chi connectivity index (χ2n) is 12.2. The molecule has 0 bridgehead atoms. The largest absolute Gasteiger partial charge is 0.309 e. The minimum Gasteiger partial charge on any atom is -0.309 e. The first kappa shape index (κ1) is 25.2. The first-order valence-corrected chi connectivity index (χ1v) is 16.3. The standard InChI is InChI=1S/C43H26BrN/c44-29-11-9-10-27(24-29)28-20-23-42-36(25-28)34-15-4-8-19-41(34)45(42)30-21-22-40-35(26-30)33-14-3-7-18-39(33)43(40)37-16-5-1-12-31(37)32-13-2-6-17-38(32)43/h1-26H. The topological polar surface area (TPSA) is 4.93 Å². The van der Waals surface area contributed by atoms with Crippen LogP contribution < -0.4 is 0 Å². The Morgan fingerprint density at radius 3 is 1.69 bits per heavy atom. The van der Waals surface area contributed by atoms with Crippen molar-refractivity contribution in [1.82, 2.24) is 4.57 Å². The molecule has 8 aromatic rings. The number of fused-ring (bicyclic) bond motifs is 13. The first-order valence-electron chi connectivity index (χ1n) is 15.5. The minimum absolute atomic E-state index is 0.322. The van der Waals surface area contributed by atoms with Gasteiger partial charge in [0, 0.05) is 20.9 Å². The van der Waals surface area contributed by atoms with Gasteiger partial charge >= 0.3 is 0 Å². The maximum absolute atomic E-state index is 3.66. The molecular weight excluding hydrogens is 610 g/mol. The molecule has 45 heavy (non-hydrogen) atoms. The summed E-state index contributed by atoms with van der Waals surface area (Å²) in [4.78, 5) is 0. The molecule has 0 fully saturated rings. The fourth-order valence-electron chi connectivity index (χ4n) is 8.33. The normalized spacial score (nSPS) is 13.6. The lowest BCUT2D eigenvalue weighted by Gasteiger charge is -2.30. The fourth-order valence-corrected chi connectivity index (χ4v) is 8.72. The Balaban J connectivity index is 1.24. The second-order valence-corrected chi connectivity index (χ2v) is 13.1. The minimum atomic E-state index is -0.322. The van der Waals surface area contributed by atoms with Crippen molar-refractivity contribution in [2.75, 3.05) is 0 Å². The van der Waals surface area contributed by atoms with E-state index in [9.17, 15) is 0 Å². The summed E-state index contributed by atoms with van der Waals surface area (Å²) < 4.78 is 3.53. The average molecular weight is 637 g/mol. The van der Waals surface area contributed by atoms with Crippen LogP contribution in [0.25, 0.3) is 60.9 Å². The van der Waals surface area contributed by atoms with Crippen molar-refractivity contribution in [2.45, 2.75) is 5.41 Å². The van der Waals surface area contributed by atoms with Gasteiger partial charge in [-0.25, -0.2) is 0 Å². The Labute approximate surface area is 270 Å². The van der Waals surface area contributed by atoms with Gasteiger partial charge in [-0.3, -0.25) is 0 Å². The summed E-state index contributed by atoms with van der Waals surface area (Å²) in [5.41, 5.74) is 16.5. The van der Waals surface area contributed by atoms with E-state index < -0.39 is 0 Å². The highest BCUT2D eigenvalue weighted by atomic mass is 79.9. The summed E-state index contributed by atoms with van der Waals surface area (Å²) in [7, 11) is 0. The molecule has 0 atom stereocenters. The predicted molar refractivity (Wildman–Crippen MR) is 190 cm³/mol. The molecular formula is C43H26BrN. The Hall–Kier alpha value is -5.18. The van der Waals surface area contributed by atoms with Crippen molar-refractivity contribution in [3.63, 3.8) is 0 Å². The summed E-state index contributed by atoms with van der Waals surface area (Å²) in [5.74, 6) is 0. The summed E-state index contributed by atoms with van der Waals surface area (Å²) >= 11 is 3.66. The number of aromatic nitrogens is 1. The lowest BCUT2D eigenvalue weighted by molar-refractivity contribution is 0.793. The van der Waals surface area contributed by atoms with Gasteiger partial charge in [0.2, 0.25) is 0 Å². The van der Waals surface area contributed by atoms with Crippen molar-refractivity contribution in [2.24, 2.45) is 0 Å². The number of hydrogen-bond acceptors (Lipinski definition) is 0. The molecule has 1 nitrogen and oxygen atoms in total. The number of benzene rings is 7. The van der Waals surface area contributed by atoms with Crippen LogP contribution in [-0.4, -0.2) is 4.57 Å². The Kier molecular flexibility index (Phi) is 5.13. The molecule has 210 valence electrons. The molecule has 7 aromatic carbocycles. The monoisotopic (exact) mass is 635 g/mol. The van der Waals surface area contributed by atoms with Crippen LogP contribution in [0.3, 0.4) is 0 Å². The van der Waals surface area contributed by atoms with E-state index in [4.69, 9.17) is 0 Å². The number of halogens is 1. The SMILES string of the molecule is Brc1cccc(-c2ccc3c(c2)c2ccccc2n3-c2ccc3c(c2)-c2ccccc2C32c3ccccc3-c3ccccc32)c1. The summed E-state index contributed by atoms with van der Waals surface area (Å²) in [5, 5.41) is 2.53. The highest BCUT2D eigenvalue weighted by Crippen LogP contribution is 2.62. The van der Waals surface area contributed by atoms with Crippen LogP contribution in [0.15, 0.2) is 162 Å². The van der Waals surface area contributed by atoms with Gasteiger partial charge in [-0.1, -0.05) is 131 Å². The summed E-state index contributed by atoms with van der Waals surface area (Å²) in [6, 6.07) is 58.4. The third kappa shape index (κ3) is 3.27. The van der Waals surface area contributed by atoms with Crippen molar-refractivity contribution in [3.8, 4) is 39.1 Å². The number of nitrogens with zero attached hydrogens (tertiary/aromatic N) is 1. The van der Waals surface area contributed by atoms with E-state index >= 15 is 0 Å². The van der Waals surface area contributed by atoms with Crippen LogP contribution in [0.1, 0.15) is 22.3 Å². The maximum Gasteiger partial charge on any atom is 0.0725 e. The van der Waals surface area contributed by atoms with Crippen molar-refractivity contribution >= 4 is 37.7 Å². The van der Waals surface area contributed by atoms with Gasteiger partial charge in [0.25, 0.3) is 0 Å². The second kappa shape index (κ2) is 9.17. The van der Waals surface area contributed by atoms with Crippen molar-refractivity contribution in [3.05, 3.63) is 184 Å². The van der Waals surface area contributed by atoms with Crippen LogP contribution >= 0.6 is 15.9 Å². The van der Waals surface area contributed by atoms with Crippen LogP contribution in [0.5, 0.6) is 0 Å². The zero-order chi connectivity index (χ0) is 29.7. The molecule has 0 aliphatic heterocycles. The van der Waals surface area contributed by atoms with Gasteiger partial charge in [0.1, 0.15) is 0 Å². The van der Waals surface area contributed by atoms with Crippen molar-refractivity contribution < 1.29 is 0 Å². The smallest absolute Gasteiger partial charge is 0.0725 e. The molecule has 2 aliphatic carbocycles. The maximum atomic E-state index is 3.66. The Morgan fingerprint density at radius 1 is 0.400 bits per heavy atom. The lowest BCUT2D eigenvalue weighted by Crippen LogP contribution is -2.25. The third-order valence-corrected chi connectivity index (χ3v) is 10.6. The molecule has 1 spiro atoms. The van der Waals surface area contributed by atoms with Gasteiger partial charge in [-0.2, -0.15) is 0 Å². The van der Waals surface area contributed by atoms with E-state index in [-0.39, 0.29) is 5.41 Å². The van der Waals surface area contributed by atoms with E-state index in [0.29, 0.717) is 0 Å². The van der Waals surface area contributed by atoms with Gasteiger partial charge in [0.05, 0.1) is 16.4 Å². The number of hydrogen-bond donors (Lipinski definition) is 0. The third-order valence-electron chi connectivity index (χ3n) is 10.1. The molecule has 1 heterocycles. The van der Waals surface area contributed by atoms with E-state index in [1.54, 1.807) is 0 Å². The van der Waals surface area contributed by atoms with E-state index in [0.717, 1.165) is 4.47 Å². The van der Waals surface area contributed by atoms with Crippen LogP contribution in [0, 0.1) is 0 Å². The molecule has 0 saturated heterocycles. The molecule has 0 unspecified atom stereocenters. The zero-order valence-corrected chi connectivity index (χ0v) is 25.9. The van der Waals surface area contributed by atoms with E-state index in [1.165, 1.54) is 83.1 Å². The Morgan fingerprint density at radius 2 is 0.978 bits per heavy atom. The molecule has 2 aliphatic rings. The lowest BCUT2D eigenvalue weighted by atomic mass is 9.70. The first-order chi connectivity index (χ1) is 22.2. The van der Waals surface area contributed by atoms with E-state index in [2.05, 4.69) is 178 Å². The van der Waals surface area contributed by atoms with Crippen LogP contribution in [0.4, 0.5) is 0 Å². The highest BCUT2D eigenvalue weighted by Gasteiger charge is 2.51. The van der Waals surface area contributed by atoms with E-state index in [1.807, 2.05) is 0 Å². The predicted octanol–water partition coefficient (Wildman–Crippen LogP) is 11.6. The van der Waals surface area contributed by atoms with Crippen molar-refractivity contribution in [1.29, 1.82) is 0 Å². The molecule has 0 saturated carbocycles. The number of rotatable bonds is 2. The van der Waals surface area contributed by atoms with Gasteiger partial charge in [-0.15, -0.1) is 0 Å². The van der Waals surface area contributed by atoms with Gasteiger partial charge in [0.15, 0.2) is 0 Å². The Bertz CT molecular complexity index is 2470. The van der Waals surface area contributed by atoms with Gasteiger partial charge < -0.3 is 4.57 Å².